The molecule has 26 heavy (non-hydrogen) atoms. The van der Waals surface area contributed by atoms with Crippen molar-refractivity contribution in [1.82, 2.24) is 20.4 Å². The van der Waals surface area contributed by atoms with E-state index < -0.39 is 5.82 Å². The minimum atomic E-state index is -0.394. The van der Waals surface area contributed by atoms with Crippen molar-refractivity contribution in [2.45, 2.75) is 39.7 Å². The fourth-order valence-corrected chi connectivity index (χ4v) is 2.47. The summed E-state index contributed by atoms with van der Waals surface area (Å²) in [5.41, 5.74) is 0.477. The maximum absolute atomic E-state index is 13.2. The third kappa shape index (κ3) is 5.65. The molecule has 0 aliphatic carbocycles. The van der Waals surface area contributed by atoms with Gasteiger partial charge in [-0.15, -0.1) is 0 Å². The molecule has 0 radical (unpaired) electrons. The average Bonchev–Trinajstić information content (AvgIpc) is 3.10. The Bertz CT molecular complexity index is 744. The first-order valence-electron chi connectivity index (χ1n) is 8.66. The Morgan fingerprint density at radius 1 is 1.23 bits per heavy atom. The van der Waals surface area contributed by atoms with Crippen LogP contribution >= 0.6 is 0 Å². The van der Waals surface area contributed by atoms with Gasteiger partial charge in [-0.2, -0.15) is 4.98 Å². The number of hydrogen-bond acceptors (Lipinski definition) is 5. The number of carbonyl (C=O) groups is 2. The molecule has 8 heteroatoms. The smallest absolute Gasteiger partial charge is 0.258 e. The van der Waals surface area contributed by atoms with E-state index in [1.54, 1.807) is 17.0 Å². The van der Waals surface area contributed by atoms with E-state index in [0.717, 1.165) is 0 Å². The van der Waals surface area contributed by atoms with E-state index in [0.29, 0.717) is 37.3 Å². The summed E-state index contributed by atoms with van der Waals surface area (Å²) in [5, 5.41) is 6.45. The molecule has 2 amide bonds. The molecule has 0 saturated carbocycles. The van der Waals surface area contributed by atoms with Gasteiger partial charge in [0.15, 0.2) is 5.82 Å². The second-order valence-electron chi connectivity index (χ2n) is 5.72. The zero-order chi connectivity index (χ0) is 18.9. The number of rotatable bonds is 9. The summed E-state index contributed by atoms with van der Waals surface area (Å²) in [5.74, 6) is -0.0274. The second kappa shape index (κ2) is 9.65. The van der Waals surface area contributed by atoms with Crippen LogP contribution < -0.4 is 5.32 Å². The SMILES string of the molecule is CCN(CC)C(=O)CCCC(=O)NCc1noc(-c2cccc(F)c2)n1. The van der Waals surface area contributed by atoms with Gasteiger partial charge in [-0.1, -0.05) is 11.2 Å². The van der Waals surface area contributed by atoms with Gasteiger partial charge >= 0.3 is 0 Å². The summed E-state index contributed by atoms with van der Waals surface area (Å²) < 4.78 is 18.3. The average molecular weight is 362 g/mol. The van der Waals surface area contributed by atoms with Crippen molar-refractivity contribution in [2.24, 2.45) is 0 Å². The van der Waals surface area contributed by atoms with Gasteiger partial charge in [0.2, 0.25) is 11.8 Å². The molecule has 140 valence electrons. The van der Waals surface area contributed by atoms with E-state index in [4.69, 9.17) is 4.52 Å². The van der Waals surface area contributed by atoms with Gasteiger partial charge in [0.1, 0.15) is 5.82 Å². The topological polar surface area (TPSA) is 88.3 Å². The monoisotopic (exact) mass is 362 g/mol. The molecule has 1 heterocycles. The fourth-order valence-electron chi connectivity index (χ4n) is 2.47. The molecule has 2 aromatic rings. The Kier molecular flexibility index (Phi) is 7.25. The van der Waals surface area contributed by atoms with Crippen molar-refractivity contribution in [3.63, 3.8) is 0 Å². The van der Waals surface area contributed by atoms with Gasteiger partial charge in [-0.3, -0.25) is 9.59 Å². The molecule has 1 N–H and O–H groups in total. The molecule has 0 aliphatic rings. The van der Waals surface area contributed by atoms with Crippen molar-refractivity contribution in [2.75, 3.05) is 13.1 Å². The number of nitrogens with zero attached hydrogens (tertiary/aromatic N) is 3. The van der Waals surface area contributed by atoms with Crippen molar-refractivity contribution >= 4 is 11.8 Å². The number of halogens is 1. The van der Waals surface area contributed by atoms with Crippen LogP contribution in [0.5, 0.6) is 0 Å². The van der Waals surface area contributed by atoms with E-state index in [9.17, 15) is 14.0 Å². The third-order valence-corrected chi connectivity index (χ3v) is 3.89. The van der Waals surface area contributed by atoms with Crippen LogP contribution in [0.1, 0.15) is 38.9 Å². The Morgan fingerprint density at radius 3 is 2.69 bits per heavy atom. The Labute approximate surface area is 151 Å². The molecule has 2 rings (SSSR count). The summed E-state index contributed by atoms with van der Waals surface area (Å²) >= 11 is 0. The number of hydrogen-bond donors (Lipinski definition) is 1. The van der Waals surface area contributed by atoms with Crippen LogP contribution in [0, 0.1) is 5.82 Å². The molecule has 0 atom stereocenters. The number of carbonyl (C=O) groups excluding carboxylic acids is 2. The van der Waals surface area contributed by atoms with Gasteiger partial charge in [-0.05, 0) is 38.5 Å². The van der Waals surface area contributed by atoms with Crippen molar-refractivity contribution < 1.29 is 18.5 Å². The summed E-state index contributed by atoms with van der Waals surface area (Å²) in [6.45, 7) is 5.32. The third-order valence-electron chi connectivity index (χ3n) is 3.89. The van der Waals surface area contributed by atoms with E-state index >= 15 is 0 Å². The lowest BCUT2D eigenvalue weighted by molar-refractivity contribution is -0.131. The normalized spacial score (nSPS) is 10.6. The van der Waals surface area contributed by atoms with E-state index in [1.807, 2.05) is 13.8 Å². The highest BCUT2D eigenvalue weighted by Gasteiger charge is 2.12. The molecule has 0 spiro atoms. The first kappa shape index (κ1) is 19.6. The number of benzene rings is 1. The molecular formula is C18H23FN4O3. The highest BCUT2D eigenvalue weighted by Crippen LogP contribution is 2.17. The van der Waals surface area contributed by atoms with Crippen LogP contribution in [0.3, 0.4) is 0 Å². The maximum atomic E-state index is 13.2. The molecule has 7 nitrogen and oxygen atoms in total. The molecule has 0 aliphatic heterocycles. The van der Waals surface area contributed by atoms with Crippen LogP contribution in [-0.4, -0.2) is 39.9 Å². The summed E-state index contributed by atoms with van der Waals surface area (Å²) in [7, 11) is 0. The molecule has 1 aromatic carbocycles. The molecule has 0 fully saturated rings. The Hall–Kier alpha value is -2.77. The minimum absolute atomic E-state index is 0.0562. The maximum Gasteiger partial charge on any atom is 0.258 e. The van der Waals surface area contributed by atoms with Crippen LogP contribution in [-0.2, 0) is 16.1 Å². The van der Waals surface area contributed by atoms with E-state index in [-0.39, 0.29) is 30.7 Å². The quantitative estimate of drug-likeness (QED) is 0.740. The highest BCUT2D eigenvalue weighted by molar-refractivity contribution is 5.78. The van der Waals surface area contributed by atoms with Crippen molar-refractivity contribution in [1.29, 1.82) is 0 Å². The van der Waals surface area contributed by atoms with Gasteiger partial charge in [0.25, 0.3) is 5.89 Å². The predicted octanol–water partition coefficient (Wildman–Crippen LogP) is 2.53. The highest BCUT2D eigenvalue weighted by atomic mass is 19.1. The summed E-state index contributed by atoms with van der Waals surface area (Å²) in [4.78, 5) is 29.6. The van der Waals surface area contributed by atoms with Gasteiger partial charge in [0.05, 0.1) is 6.54 Å². The van der Waals surface area contributed by atoms with E-state index in [1.165, 1.54) is 12.1 Å². The van der Waals surface area contributed by atoms with Crippen LogP contribution in [0.4, 0.5) is 4.39 Å². The zero-order valence-corrected chi connectivity index (χ0v) is 15.0. The first-order valence-corrected chi connectivity index (χ1v) is 8.66. The largest absolute Gasteiger partial charge is 0.349 e. The van der Waals surface area contributed by atoms with Crippen LogP contribution in [0.2, 0.25) is 0 Å². The van der Waals surface area contributed by atoms with Crippen LogP contribution in [0.15, 0.2) is 28.8 Å². The zero-order valence-electron chi connectivity index (χ0n) is 15.0. The molecule has 1 aromatic heterocycles. The molecular weight excluding hydrogens is 339 g/mol. The molecule has 0 unspecified atom stereocenters. The Balaban J connectivity index is 1.75. The summed E-state index contributed by atoms with van der Waals surface area (Å²) in [6.07, 6.45) is 1.09. The van der Waals surface area contributed by atoms with Crippen LogP contribution in [0.25, 0.3) is 11.5 Å². The number of nitrogens with one attached hydrogen (secondary N) is 1. The summed E-state index contributed by atoms with van der Waals surface area (Å²) in [6, 6.07) is 5.83. The predicted molar refractivity (Wildman–Crippen MR) is 93.3 cm³/mol. The van der Waals surface area contributed by atoms with Crippen molar-refractivity contribution in [3.05, 3.63) is 35.9 Å². The van der Waals surface area contributed by atoms with E-state index in [2.05, 4.69) is 15.5 Å². The number of aromatic nitrogens is 2. The lowest BCUT2D eigenvalue weighted by Gasteiger charge is -2.18. The molecule has 0 saturated heterocycles. The van der Waals surface area contributed by atoms with Gasteiger partial charge in [-0.25, -0.2) is 4.39 Å². The molecule has 0 bridgehead atoms. The standard InChI is InChI=1S/C18H23FN4O3/c1-3-23(4-2)17(25)10-6-9-16(24)20-12-15-21-18(26-22-15)13-7-5-8-14(19)11-13/h5,7-8,11H,3-4,6,9-10,12H2,1-2H3,(H,20,24). The first-order chi connectivity index (χ1) is 12.5. The lowest BCUT2D eigenvalue weighted by Crippen LogP contribution is -2.30. The lowest BCUT2D eigenvalue weighted by atomic mass is 10.2. The fraction of sp³-hybridized carbons (Fsp3) is 0.444. The Morgan fingerprint density at radius 2 is 2.00 bits per heavy atom. The van der Waals surface area contributed by atoms with Gasteiger partial charge < -0.3 is 14.7 Å². The van der Waals surface area contributed by atoms with Gasteiger partial charge in [0, 0.05) is 31.5 Å². The minimum Gasteiger partial charge on any atom is -0.349 e. The van der Waals surface area contributed by atoms with Crippen molar-refractivity contribution in [3.8, 4) is 11.5 Å². The number of amides is 2. The second-order valence-corrected chi connectivity index (χ2v) is 5.72.